The summed E-state index contributed by atoms with van der Waals surface area (Å²) in [5.41, 5.74) is 2.42. The Labute approximate surface area is 139 Å². The number of aromatic amines is 1. The quantitative estimate of drug-likeness (QED) is 0.685. The molecule has 0 fully saturated rings. The molecule has 0 saturated carbocycles. The van der Waals surface area contributed by atoms with Crippen LogP contribution in [0.15, 0.2) is 60.8 Å². The number of hydrogen-bond donors (Lipinski definition) is 2. The maximum absolute atomic E-state index is 12.0. The SMILES string of the molecule is O=C(COC(=O)c1ccc2cc[nH]c2c1)NCCc1ccccc1. The largest absolute Gasteiger partial charge is 0.452 e. The van der Waals surface area contributed by atoms with Crippen LogP contribution in [0.1, 0.15) is 15.9 Å². The molecule has 0 bridgehead atoms. The molecule has 3 rings (SSSR count). The normalized spacial score (nSPS) is 10.5. The van der Waals surface area contributed by atoms with E-state index >= 15 is 0 Å². The second-order valence-corrected chi connectivity index (χ2v) is 5.44. The number of hydrogen-bond acceptors (Lipinski definition) is 3. The minimum absolute atomic E-state index is 0.281. The van der Waals surface area contributed by atoms with E-state index < -0.39 is 5.97 Å². The Kier molecular flexibility index (Phi) is 4.91. The van der Waals surface area contributed by atoms with E-state index in [1.165, 1.54) is 0 Å². The molecule has 1 aromatic heterocycles. The first-order valence-electron chi connectivity index (χ1n) is 7.77. The van der Waals surface area contributed by atoms with Crippen LogP contribution in [-0.2, 0) is 16.0 Å². The van der Waals surface area contributed by atoms with Crippen molar-refractivity contribution in [3.8, 4) is 0 Å². The Balaban J connectivity index is 1.44. The monoisotopic (exact) mass is 322 g/mol. The molecule has 1 amide bonds. The number of carbonyl (C=O) groups excluding carboxylic acids is 2. The number of rotatable bonds is 6. The van der Waals surface area contributed by atoms with Crippen molar-refractivity contribution in [2.45, 2.75) is 6.42 Å². The van der Waals surface area contributed by atoms with Crippen molar-refractivity contribution in [1.29, 1.82) is 0 Å². The maximum atomic E-state index is 12.0. The highest BCUT2D eigenvalue weighted by molar-refractivity contribution is 5.95. The van der Waals surface area contributed by atoms with Gasteiger partial charge in [0.15, 0.2) is 6.61 Å². The van der Waals surface area contributed by atoms with Crippen LogP contribution in [0.3, 0.4) is 0 Å². The van der Waals surface area contributed by atoms with Gasteiger partial charge in [-0.25, -0.2) is 4.79 Å². The minimum Gasteiger partial charge on any atom is -0.452 e. The fourth-order valence-corrected chi connectivity index (χ4v) is 2.43. The van der Waals surface area contributed by atoms with Gasteiger partial charge >= 0.3 is 5.97 Å². The highest BCUT2D eigenvalue weighted by Crippen LogP contribution is 2.14. The Hall–Kier alpha value is -3.08. The van der Waals surface area contributed by atoms with Crippen molar-refractivity contribution in [2.24, 2.45) is 0 Å². The third-order valence-electron chi connectivity index (χ3n) is 3.70. The third kappa shape index (κ3) is 4.01. The summed E-state index contributed by atoms with van der Waals surface area (Å²) in [4.78, 5) is 26.8. The van der Waals surface area contributed by atoms with Gasteiger partial charge in [-0.3, -0.25) is 4.79 Å². The van der Waals surface area contributed by atoms with Gasteiger partial charge in [0.05, 0.1) is 5.56 Å². The molecule has 0 unspecified atom stereocenters. The molecular weight excluding hydrogens is 304 g/mol. The predicted molar refractivity (Wildman–Crippen MR) is 91.7 cm³/mol. The van der Waals surface area contributed by atoms with E-state index in [0.717, 1.165) is 22.9 Å². The number of aromatic nitrogens is 1. The topological polar surface area (TPSA) is 71.2 Å². The van der Waals surface area contributed by atoms with Crippen LogP contribution in [0.5, 0.6) is 0 Å². The van der Waals surface area contributed by atoms with Crippen molar-refractivity contribution < 1.29 is 14.3 Å². The molecule has 0 aliphatic carbocycles. The molecule has 0 spiro atoms. The minimum atomic E-state index is -0.510. The summed E-state index contributed by atoms with van der Waals surface area (Å²) in [6.45, 7) is 0.227. The lowest BCUT2D eigenvalue weighted by atomic mass is 10.1. The molecule has 0 radical (unpaired) electrons. The van der Waals surface area contributed by atoms with Gasteiger partial charge in [0.1, 0.15) is 0 Å². The van der Waals surface area contributed by atoms with Gasteiger partial charge in [0.2, 0.25) is 0 Å². The van der Waals surface area contributed by atoms with E-state index in [4.69, 9.17) is 4.74 Å². The van der Waals surface area contributed by atoms with Gasteiger partial charge < -0.3 is 15.0 Å². The Morgan fingerprint density at radius 3 is 2.71 bits per heavy atom. The van der Waals surface area contributed by atoms with Crippen molar-refractivity contribution >= 4 is 22.8 Å². The Bertz CT molecular complexity index is 840. The molecule has 2 N–H and O–H groups in total. The lowest BCUT2D eigenvalue weighted by molar-refractivity contribution is -0.124. The summed E-state index contributed by atoms with van der Waals surface area (Å²) >= 11 is 0. The standard InChI is InChI=1S/C19H18N2O3/c22-18(21-10-8-14-4-2-1-3-5-14)13-24-19(23)16-7-6-15-9-11-20-17(15)12-16/h1-7,9,11-12,20H,8,10,13H2,(H,21,22). The summed E-state index contributed by atoms with van der Waals surface area (Å²) in [6, 6.07) is 17.0. The smallest absolute Gasteiger partial charge is 0.338 e. The molecule has 0 aliphatic rings. The Morgan fingerprint density at radius 2 is 1.88 bits per heavy atom. The first-order chi connectivity index (χ1) is 11.7. The zero-order valence-corrected chi connectivity index (χ0v) is 13.1. The lowest BCUT2D eigenvalue weighted by Gasteiger charge is -2.07. The van der Waals surface area contributed by atoms with E-state index in [9.17, 15) is 9.59 Å². The van der Waals surface area contributed by atoms with Crippen molar-refractivity contribution in [3.63, 3.8) is 0 Å². The Morgan fingerprint density at radius 1 is 1.04 bits per heavy atom. The third-order valence-corrected chi connectivity index (χ3v) is 3.70. The van der Waals surface area contributed by atoms with E-state index in [1.54, 1.807) is 18.3 Å². The molecule has 3 aromatic rings. The summed E-state index contributed by atoms with van der Waals surface area (Å²) < 4.78 is 5.05. The number of H-pyrrole nitrogens is 1. The number of ether oxygens (including phenoxy) is 1. The lowest BCUT2D eigenvalue weighted by Crippen LogP contribution is -2.30. The molecule has 0 aliphatic heterocycles. The summed E-state index contributed by atoms with van der Waals surface area (Å²) in [5, 5.41) is 3.76. The number of amides is 1. The number of carbonyl (C=O) groups is 2. The highest BCUT2D eigenvalue weighted by Gasteiger charge is 2.11. The number of esters is 1. The summed E-state index contributed by atoms with van der Waals surface area (Å²) in [6.07, 6.45) is 2.55. The van der Waals surface area contributed by atoms with Crippen molar-refractivity contribution in [3.05, 3.63) is 71.9 Å². The van der Waals surface area contributed by atoms with Gasteiger partial charge in [0.25, 0.3) is 5.91 Å². The van der Waals surface area contributed by atoms with Crippen LogP contribution in [0.2, 0.25) is 0 Å². The fourth-order valence-electron chi connectivity index (χ4n) is 2.43. The molecule has 5 heteroatoms. The molecule has 122 valence electrons. The molecule has 24 heavy (non-hydrogen) atoms. The average molecular weight is 322 g/mol. The van der Waals surface area contributed by atoms with Crippen LogP contribution in [0, 0.1) is 0 Å². The summed E-state index contributed by atoms with van der Waals surface area (Å²) in [5.74, 6) is -0.815. The van der Waals surface area contributed by atoms with Crippen LogP contribution >= 0.6 is 0 Å². The maximum Gasteiger partial charge on any atom is 0.338 e. The second kappa shape index (κ2) is 7.46. The zero-order chi connectivity index (χ0) is 16.8. The zero-order valence-electron chi connectivity index (χ0n) is 13.1. The number of nitrogens with one attached hydrogen (secondary N) is 2. The van der Waals surface area contributed by atoms with Gasteiger partial charge in [0, 0.05) is 18.3 Å². The summed E-state index contributed by atoms with van der Waals surface area (Å²) in [7, 11) is 0. The fraction of sp³-hybridized carbons (Fsp3) is 0.158. The van der Waals surface area contributed by atoms with Crippen LogP contribution < -0.4 is 5.32 Å². The van der Waals surface area contributed by atoms with Gasteiger partial charge in [-0.05, 0) is 35.6 Å². The van der Waals surface area contributed by atoms with E-state index in [1.807, 2.05) is 42.5 Å². The van der Waals surface area contributed by atoms with E-state index in [-0.39, 0.29) is 12.5 Å². The molecule has 1 heterocycles. The van der Waals surface area contributed by atoms with Crippen molar-refractivity contribution in [2.75, 3.05) is 13.2 Å². The molecule has 5 nitrogen and oxygen atoms in total. The molecule has 2 aromatic carbocycles. The molecule has 0 atom stereocenters. The van der Waals surface area contributed by atoms with Crippen LogP contribution in [0.4, 0.5) is 0 Å². The van der Waals surface area contributed by atoms with Gasteiger partial charge in [-0.15, -0.1) is 0 Å². The van der Waals surface area contributed by atoms with Crippen molar-refractivity contribution in [1.82, 2.24) is 10.3 Å². The number of benzene rings is 2. The first kappa shape index (κ1) is 15.8. The van der Waals surface area contributed by atoms with Crippen LogP contribution in [-0.4, -0.2) is 30.0 Å². The average Bonchev–Trinajstić information content (AvgIpc) is 3.08. The predicted octanol–water partition coefficient (Wildman–Crippen LogP) is 2.68. The number of fused-ring (bicyclic) bond motifs is 1. The first-order valence-corrected chi connectivity index (χ1v) is 7.77. The van der Waals surface area contributed by atoms with Crippen LogP contribution in [0.25, 0.3) is 10.9 Å². The van der Waals surface area contributed by atoms with Gasteiger partial charge in [-0.2, -0.15) is 0 Å². The second-order valence-electron chi connectivity index (χ2n) is 5.44. The molecular formula is C19H18N2O3. The van der Waals surface area contributed by atoms with Gasteiger partial charge in [-0.1, -0.05) is 36.4 Å². The van der Waals surface area contributed by atoms with E-state index in [0.29, 0.717) is 12.1 Å². The molecule has 0 saturated heterocycles. The highest BCUT2D eigenvalue weighted by atomic mass is 16.5. The van der Waals surface area contributed by atoms with E-state index in [2.05, 4.69) is 10.3 Å².